The van der Waals surface area contributed by atoms with Crippen molar-refractivity contribution in [2.24, 2.45) is 0 Å². The van der Waals surface area contributed by atoms with Crippen molar-refractivity contribution in [3.8, 4) is 5.75 Å². The lowest BCUT2D eigenvalue weighted by Gasteiger charge is -2.12. The van der Waals surface area contributed by atoms with Crippen LogP contribution >= 0.6 is 0 Å². The number of rotatable bonds is 5. The number of sulfonamides is 1. The summed E-state index contributed by atoms with van der Waals surface area (Å²) in [4.78, 5) is -0.0223. The standard InChI is InChI=1S/C15H13F4NO3S/c1-10-2-5-12(6-3-10)24(21,22)20-11-4-7-14(13(16)8-11)23-9-15(17,18)19/h2-8,20H,9H2,1H3. The highest BCUT2D eigenvalue weighted by Crippen LogP contribution is 2.25. The average molecular weight is 363 g/mol. The molecule has 0 saturated carbocycles. The minimum atomic E-state index is -4.60. The summed E-state index contributed by atoms with van der Waals surface area (Å²) in [5.41, 5.74) is 0.735. The minimum absolute atomic E-state index is 0.0223. The Morgan fingerprint density at radius 1 is 1.08 bits per heavy atom. The van der Waals surface area contributed by atoms with Crippen LogP contribution in [0.25, 0.3) is 0 Å². The molecule has 0 atom stereocenters. The zero-order valence-electron chi connectivity index (χ0n) is 12.4. The second-order valence-corrected chi connectivity index (χ2v) is 6.65. The first-order valence-electron chi connectivity index (χ1n) is 6.65. The van der Waals surface area contributed by atoms with Gasteiger partial charge in [-0.25, -0.2) is 12.8 Å². The molecule has 0 spiro atoms. The van der Waals surface area contributed by atoms with Crippen molar-refractivity contribution in [3.05, 3.63) is 53.8 Å². The number of benzene rings is 2. The highest BCUT2D eigenvalue weighted by molar-refractivity contribution is 7.92. The highest BCUT2D eigenvalue weighted by Gasteiger charge is 2.29. The van der Waals surface area contributed by atoms with Crippen molar-refractivity contribution in [2.75, 3.05) is 11.3 Å². The second kappa shape index (κ2) is 6.68. The van der Waals surface area contributed by atoms with Crippen molar-refractivity contribution < 1.29 is 30.7 Å². The molecule has 24 heavy (non-hydrogen) atoms. The SMILES string of the molecule is Cc1ccc(S(=O)(=O)Nc2ccc(OCC(F)(F)F)c(F)c2)cc1. The summed E-state index contributed by atoms with van der Waals surface area (Å²) in [7, 11) is -3.93. The van der Waals surface area contributed by atoms with Crippen LogP contribution in [0.3, 0.4) is 0 Å². The molecule has 4 nitrogen and oxygen atoms in total. The Balaban J connectivity index is 2.15. The molecule has 0 saturated heterocycles. The molecule has 0 unspecified atom stereocenters. The molecule has 0 aliphatic heterocycles. The largest absolute Gasteiger partial charge is 0.481 e. The number of alkyl halides is 3. The van der Waals surface area contributed by atoms with E-state index in [1.807, 2.05) is 0 Å². The molecule has 0 radical (unpaired) electrons. The van der Waals surface area contributed by atoms with E-state index in [0.717, 1.165) is 23.8 Å². The topological polar surface area (TPSA) is 55.4 Å². The fraction of sp³-hybridized carbons (Fsp3) is 0.200. The molecule has 1 N–H and O–H groups in total. The summed E-state index contributed by atoms with van der Waals surface area (Å²) in [6, 6.07) is 8.75. The first kappa shape index (κ1) is 18.1. The molecule has 0 aliphatic rings. The predicted molar refractivity (Wildman–Crippen MR) is 79.9 cm³/mol. The molecule has 2 aromatic carbocycles. The molecule has 0 aromatic heterocycles. The summed E-state index contributed by atoms with van der Waals surface area (Å²) in [5.74, 6) is -1.73. The van der Waals surface area contributed by atoms with E-state index in [4.69, 9.17) is 0 Å². The van der Waals surface area contributed by atoms with Crippen LogP contribution in [0.15, 0.2) is 47.4 Å². The van der Waals surface area contributed by atoms with Crippen molar-refractivity contribution in [1.82, 2.24) is 0 Å². The van der Waals surface area contributed by atoms with Gasteiger partial charge in [0.2, 0.25) is 0 Å². The van der Waals surface area contributed by atoms with Crippen LogP contribution in [0.2, 0.25) is 0 Å². The van der Waals surface area contributed by atoms with Gasteiger partial charge >= 0.3 is 6.18 Å². The van der Waals surface area contributed by atoms with Gasteiger partial charge in [-0.1, -0.05) is 17.7 Å². The normalized spacial score (nSPS) is 12.0. The van der Waals surface area contributed by atoms with E-state index >= 15 is 0 Å². The summed E-state index contributed by atoms with van der Waals surface area (Å²) in [6.07, 6.45) is -4.60. The van der Waals surface area contributed by atoms with Gasteiger partial charge in [-0.2, -0.15) is 13.2 Å². The Labute approximate surface area is 136 Å². The molecule has 0 aliphatic carbocycles. The van der Waals surface area contributed by atoms with Crippen LogP contribution in [-0.2, 0) is 10.0 Å². The number of hydrogen-bond acceptors (Lipinski definition) is 3. The Morgan fingerprint density at radius 2 is 1.71 bits per heavy atom. The van der Waals surface area contributed by atoms with Gasteiger partial charge < -0.3 is 4.74 Å². The molecular formula is C15H13F4NO3S. The van der Waals surface area contributed by atoms with Crippen LogP contribution in [0, 0.1) is 12.7 Å². The number of nitrogens with one attached hydrogen (secondary N) is 1. The number of ether oxygens (including phenoxy) is 1. The van der Waals surface area contributed by atoms with Crippen LogP contribution < -0.4 is 9.46 Å². The summed E-state index contributed by atoms with van der Waals surface area (Å²) < 4.78 is 80.6. The van der Waals surface area contributed by atoms with Crippen LogP contribution in [0.5, 0.6) is 5.75 Å². The number of aryl methyl sites for hydroxylation is 1. The van der Waals surface area contributed by atoms with Crippen molar-refractivity contribution in [3.63, 3.8) is 0 Å². The lowest BCUT2D eigenvalue weighted by atomic mass is 10.2. The monoisotopic (exact) mass is 363 g/mol. The van der Waals surface area contributed by atoms with Crippen molar-refractivity contribution in [2.45, 2.75) is 18.0 Å². The summed E-state index contributed by atoms with van der Waals surface area (Å²) in [5, 5.41) is 0. The van der Waals surface area contributed by atoms with Gasteiger partial charge in [0.15, 0.2) is 18.2 Å². The maximum absolute atomic E-state index is 13.7. The molecular weight excluding hydrogens is 350 g/mol. The summed E-state index contributed by atoms with van der Waals surface area (Å²) in [6.45, 7) is 0.150. The third kappa shape index (κ3) is 4.85. The molecule has 0 fully saturated rings. The van der Waals surface area contributed by atoms with E-state index < -0.39 is 34.4 Å². The Kier molecular flexibility index (Phi) is 5.02. The van der Waals surface area contributed by atoms with Gasteiger partial charge in [0.05, 0.1) is 10.6 Å². The Hall–Kier alpha value is -2.29. The van der Waals surface area contributed by atoms with E-state index in [9.17, 15) is 26.0 Å². The van der Waals surface area contributed by atoms with Crippen LogP contribution in [0.4, 0.5) is 23.2 Å². The maximum Gasteiger partial charge on any atom is 0.422 e. The number of anilines is 1. The van der Waals surface area contributed by atoms with E-state index in [-0.39, 0.29) is 10.6 Å². The average Bonchev–Trinajstić information content (AvgIpc) is 2.45. The van der Waals surface area contributed by atoms with Gasteiger partial charge in [-0.3, -0.25) is 4.72 Å². The number of hydrogen-bond donors (Lipinski definition) is 1. The van der Waals surface area contributed by atoms with E-state index in [0.29, 0.717) is 0 Å². The molecule has 2 rings (SSSR count). The fourth-order valence-electron chi connectivity index (χ4n) is 1.77. The highest BCUT2D eigenvalue weighted by atomic mass is 32.2. The second-order valence-electron chi connectivity index (χ2n) is 4.97. The molecule has 0 bridgehead atoms. The lowest BCUT2D eigenvalue weighted by molar-refractivity contribution is -0.153. The molecule has 0 amide bonds. The van der Waals surface area contributed by atoms with Gasteiger partial charge in [0, 0.05) is 6.07 Å². The first-order valence-corrected chi connectivity index (χ1v) is 8.14. The van der Waals surface area contributed by atoms with E-state index in [2.05, 4.69) is 9.46 Å². The van der Waals surface area contributed by atoms with Crippen molar-refractivity contribution >= 4 is 15.7 Å². The van der Waals surface area contributed by atoms with Crippen LogP contribution in [0.1, 0.15) is 5.56 Å². The van der Waals surface area contributed by atoms with Gasteiger partial charge in [-0.05, 0) is 31.2 Å². The first-order chi connectivity index (χ1) is 11.1. The van der Waals surface area contributed by atoms with Gasteiger partial charge in [-0.15, -0.1) is 0 Å². The van der Waals surface area contributed by atoms with Gasteiger partial charge in [0.1, 0.15) is 0 Å². The Bertz CT molecular complexity index is 818. The molecule has 130 valence electrons. The van der Waals surface area contributed by atoms with Crippen LogP contribution in [-0.4, -0.2) is 21.2 Å². The Morgan fingerprint density at radius 3 is 2.25 bits per heavy atom. The molecule has 0 heterocycles. The number of halogens is 4. The third-order valence-corrected chi connectivity index (χ3v) is 4.30. The van der Waals surface area contributed by atoms with E-state index in [1.165, 1.54) is 12.1 Å². The predicted octanol–water partition coefficient (Wildman–Crippen LogP) is 3.88. The smallest absolute Gasteiger partial charge is 0.422 e. The summed E-state index contributed by atoms with van der Waals surface area (Å²) >= 11 is 0. The van der Waals surface area contributed by atoms with Crippen molar-refractivity contribution in [1.29, 1.82) is 0 Å². The zero-order chi connectivity index (χ0) is 18.0. The quantitative estimate of drug-likeness (QED) is 0.821. The van der Waals surface area contributed by atoms with Gasteiger partial charge in [0.25, 0.3) is 10.0 Å². The third-order valence-electron chi connectivity index (χ3n) is 2.91. The maximum atomic E-state index is 13.7. The molecule has 2 aromatic rings. The zero-order valence-corrected chi connectivity index (χ0v) is 13.2. The minimum Gasteiger partial charge on any atom is -0.481 e. The fourth-order valence-corrected chi connectivity index (χ4v) is 2.82. The van der Waals surface area contributed by atoms with E-state index in [1.54, 1.807) is 19.1 Å². The lowest BCUT2D eigenvalue weighted by Crippen LogP contribution is -2.19. The molecule has 9 heteroatoms.